The van der Waals surface area contributed by atoms with Gasteiger partial charge < -0.3 is 11.1 Å². The van der Waals surface area contributed by atoms with E-state index >= 15 is 0 Å². The van der Waals surface area contributed by atoms with E-state index in [1.807, 2.05) is 18.2 Å². The summed E-state index contributed by atoms with van der Waals surface area (Å²) in [6, 6.07) is 8.96. The van der Waals surface area contributed by atoms with Gasteiger partial charge in [0, 0.05) is 41.0 Å². The summed E-state index contributed by atoms with van der Waals surface area (Å²) in [5.41, 5.74) is 8.08. The molecule has 1 amide bonds. The SMILES string of the molecule is CC(N)CC(=O)Nc1cc(Cl)ccc1-c1cccnc1.Cl. The molecule has 1 atom stereocenters. The number of halogens is 2. The Morgan fingerprint density at radius 2 is 2.19 bits per heavy atom. The first kappa shape index (κ1) is 17.4. The second-order valence-electron chi connectivity index (χ2n) is 4.66. The third-order valence-electron chi connectivity index (χ3n) is 2.74. The lowest BCUT2D eigenvalue weighted by Crippen LogP contribution is -2.24. The molecule has 3 N–H and O–H groups in total. The molecule has 112 valence electrons. The van der Waals surface area contributed by atoms with Gasteiger partial charge in [-0.1, -0.05) is 23.7 Å². The van der Waals surface area contributed by atoms with Crippen LogP contribution in [0.25, 0.3) is 11.1 Å². The highest BCUT2D eigenvalue weighted by molar-refractivity contribution is 6.31. The number of benzene rings is 1. The number of pyridine rings is 1. The van der Waals surface area contributed by atoms with E-state index < -0.39 is 0 Å². The minimum atomic E-state index is -0.184. The number of rotatable bonds is 4. The standard InChI is InChI=1S/C15H16ClN3O.ClH/c1-10(17)7-15(20)19-14-8-12(16)4-5-13(14)11-3-2-6-18-9-11;/h2-6,8-10H,7,17H2,1H3,(H,19,20);1H. The van der Waals surface area contributed by atoms with Crippen LogP contribution in [0, 0.1) is 0 Å². The number of aromatic nitrogens is 1. The lowest BCUT2D eigenvalue weighted by molar-refractivity contribution is -0.116. The predicted molar refractivity (Wildman–Crippen MR) is 88.8 cm³/mol. The number of carbonyl (C=O) groups is 1. The second-order valence-corrected chi connectivity index (χ2v) is 5.10. The zero-order valence-electron chi connectivity index (χ0n) is 11.5. The number of hydrogen-bond donors (Lipinski definition) is 2. The van der Waals surface area contributed by atoms with Crippen molar-refractivity contribution in [3.8, 4) is 11.1 Å². The number of anilines is 1. The van der Waals surface area contributed by atoms with E-state index in [-0.39, 0.29) is 30.8 Å². The highest BCUT2D eigenvalue weighted by Crippen LogP contribution is 2.30. The smallest absolute Gasteiger partial charge is 0.225 e. The molecule has 0 saturated carbocycles. The van der Waals surface area contributed by atoms with Gasteiger partial charge in [0.05, 0.1) is 5.69 Å². The van der Waals surface area contributed by atoms with Gasteiger partial charge in [-0.3, -0.25) is 9.78 Å². The van der Waals surface area contributed by atoms with Crippen molar-refractivity contribution < 1.29 is 4.79 Å². The van der Waals surface area contributed by atoms with Crippen LogP contribution in [0.4, 0.5) is 5.69 Å². The van der Waals surface area contributed by atoms with Crippen molar-refractivity contribution >= 4 is 35.6 Å². The van der Waals surface area contributed by atoms with E-state index in [9.17, 15) is 4.79 Å². The number of nitrogens with two attached hydrogens (primary N) is 1. The monoisotopic (exact) mass is 325 g/mol. The molecule has 0 aliphatic rings. The Hall–Kier alpha value is -1.62. The van der Waals surface area contributed by atoms with Crippen LogP contribution in [-0.4, -0.2) is 16.9 Å². The first-order valence-corrected chi connectivity index (χ1v) is 6.69. The van der Waals surface area contributed by atoms with E-state index in [1.54, 1.807) is 31.5 Å². The van der Waals surface area contributed by atoms with Crippen LogP contribution in [-0.2, 0) is 4.79 Å². The molecule has 0 fully saturated rings. The molecular weight excluding hydrogens is 309 g/mol. The van der Waals surface area contributed by atoms with Gasteiger partial charge in [-0.25, -0.2) is 0 Å². The lowest BCUT2D eigenvalue weighted by atomic mass is 10.1. The maximum Gasteiger partial charge on any atom is 0.225 e. The molecule has 0 radical (unpaired) electrons. The molecule has 1 aromatic heterocycles. The Morgan fingerprint density at radius 1 is 1.43 bits per heavy atom. The summed E-state index contributed by atoms with van der Waals surface area (Å²) >= 11 is 6.00. The van der Waals surface area contributed by atoms with Gasteiger partial charge in [-0.05, 0) is 25.1 Å². The minimum absolute atomic E-state index is 0. The molecule has 4 nitrogen and oxygen atoms in total. The number of nitrogens with zero attached hydrogens (tertiary/aromatic N) is 1. The fourth-order valence-electron chi connectivity index (χ4n) is 1.89. The Bertz CT molecular complexity index is 603. The summed E-state index contributed by atoms with van der Waals surface area (Å²) < 4.78 is 0. The summed E-state index contributed by atoms with van der Waals surface area (Å²) in [6.07, 6.45) is 3.71. The Labute approximate surface area is 135 Å². The van der Waals surface area contributed by atoms with Crippen molar-refractivity contribution in [2.24, 2.45) is 5.73 Å². The van der Waals surface area contributed by atoms with Crippen LogP contribution < -0.4 is 11.1 Å². The fourth-order valence-corrected chi connectivity index (χ4v) is 2.06. The van der Waals surface area contributed by atoms with Crippen molar-refractivity contribution in [3.05, 3.63) is 47.7 Å². The second kappa shape index (κ2) is 7.98. The molecule has 21 heavy (non-hydrogen) atoms. The lowest BCUT2D eigenvalue weighted by Gasteiger charge is -2.12. The summed E-state index contributed by atoms with van der Waals surface area (Å²) in [4.78, 5) is 16.0. The average molecular weight is 326 g/mol. The fraction of sp³-hybridized carbons (Fsp3) is 0.200. The van der Waals surface area contributed by atoms with Crippen LogP contribution >= 0.6 is 24.0 Å². The molecule has 0 aliphatic carbocycles. The number of amides is 1. The van der Waals surface area contributed by atoms with Gasteiger partial charge in [0.1, 0.15) is 0 Å². The quantitative estimate of drug-likeness (QED) is 0.903. The van der Waals surface area contributed by atoms with Crippen LogP contribution in [0.5, 0.6) is 0 Å². The normalized spacial score (nSPS) is 11.4. The Balaban J connectivity index is 0.00000220. The molecular formula is C15H17Cl2N3O. The van der Waals surface area contributed by atoms with Gasteiger partial charge in [-0.15, -0.1) is 12.4 Å². The van der Waals surface area contributed by atoms with E-state index in [0.29, 0.717) is 10.7 Å². The molecule has 6 heteroatoms. The maximum atomic E-state index is 11.9. The first-order valence-electron chi connectivity index (χ1n) is 6.31. The molecule has 1 aromatic carbocycles. The number of hydrogen-bond acceptors (Lipinski definition) is 3. The predicted octanol–water partition coefficient (Wildman–Crippen LogP) is 3.50. The minimum Gasteiger partial charge on any atom is -0.327 e. The highest BCUT2D eigenvalue weighted by atomic mass is 35.5. The molecule has 0 saturated heterocycles. The van der Waals surface area contributed by atoms with Crippen molar-refractivity contribution in [2.75, 3.05) is 5.32 Å². The van der Waals surface area contributed by atoms with Crippen molar-refractivity contribution in [2.45, 2.75) is 19.4 Å². The summed E-state index contributed by atoms with van der Waals surface area (Å²) in [7, 11) is 0. The molecule has 1 heterocycles. The van der Waals surface area contributed by atoms with Crippen LogP contribution in [0.1, 0.15) is 13.3 Å². The summed E-state index contributed by atoms with van der Waals surface area (Å²) in [5.74, 6) is -0.132. The molecule has 0 spiro atoms. The zero-order valence-corrected chi connectivity index (χ0v) is 13.1. The van der Waals surface area contributed by atoms with E-state index in [0.717, 1.165) is 11.1 Å². The van der Waals surface area contributed by atoms with E-state index in [2.05, 4.69) is 10.3 Å². The van der Waals surface area contributed by atoms with Crippen LogP contribution in [0.15, 0.2) is 42.7 Å². The van der Waals surface area contributed by atoms with Crippen LogP contribution in [0.3, 0.4) is 0 Å². The Kier molecular flexibility index (Phi) is 6.62. The van der Waals surface area contributed by atoms with Crippen LogP contribution in [0.2, 0.25) is 5.02 Å². The van der Waals surface area contributed by atoms with Gasteiger partial charge in [0.15, 0.2) is 0 Å². The largest absolute Gasteiger partial charge is 0.327 e. The van der Waals surface area contributed by atoms with Gasteiger partial charge in [0.25, 0.3) is 0 Å². The Morgan fingerprint density at radius 3 is 2.81 bits per heavy atom. The number of nitrogens with one attached hydrogen (secondary N) is 1. The van der Waals surface area contributed by atoms with E-state index in [4.69, 9.17) is 17.3 Å². The van der Waals surface area contributed by atoms with Crippen molar-refractivity contribution in [1.82, 2.24) is 4.98 Å². The topological polar surface area (TPSA) is 68.0 Å². The molecule has 2 rings (SSSR count). The van der Waals surface area contributed by atoms with Gasteiger partial charge in [-0.2, -0.15) is 0 Å². The average Bonchev–Trinajstić information content (AvgIpc) is 2.39. The first-order chi connectivity index (χ1) is 9.56. The summed E-state index contributed by atoms with van der Waals surface area (Å²) in [5, 5.41) is 3.41. The molecule has 1 unspecified atom stereocenters. The van der Waals surface area contributed by atoms with E-state index in [1.165, 1.54) is 0 Å². The zero-order chi connectivity index (χ0) is 14.5. The molecule has 0 bridgehead atoms. The van der Waals surface area contributed by atoms with Crippen molar-refractivity contribution in [3.63, 3.8) is 0 Å². The van der Waals surface area contributed by atoms with Crippen molar-refractivity contribution in [1.29, 1.82) is 0 Å². The third kappa shape index (κ3) is 5.01. The highest BCUT2D eigenvalue weighted by Gasteiger charge is 2.11. The third-order valence-corrected chi connectivity index (χ3v) is 2.97. The maximum absolute atomic E-state index is 11.9. The molecule has 0 aliphatic heterocycles. The number of carbonyl (C=O) groups excluding carboxylic acids is 1. The molecule has 2 aromatic rings. The van der Waals surface area contributed by atoms with Gasteiger partial charge >= 0.3 is 0 Å². The summed E-state index contributed by atoms with van der Waals surface area (Å²) in [6.45, 7) is 1.79. The van der Waals surface area contributed by atoms with Gasteiger partial charge in [0.2, 0.25) is 5.91 Å².